The molecule has 0 aliphatic carbocycles. The van der Waals surface area contributed by atoms with Crippen molar-refractivity contribution in [2.45, 2.75) is 25.8 Å². The third-order valence-corrected chi connectivity index (χ3v) is 5.66. The maximum atomic E-state index is 12.3. The van der Waals surface area contributed by atoms with E-state index < -0.39 is 0 Å². The van der Waals surface area contributed by atoms with E-state index in [1.807, 2.05) is 56.7 Å². The molecule has 0 fully saturated rings. The Morgan fingerprint density at radius 1 is 1.26 bits per heavy atom. The Bertz CT molecular complexity index is 977. The fraction of sp³-hybridized carbons (Fsp3) is 0.333. The summed E-state index contributed by atoms with van der Waals surface area (Å²) in [6.07, 6.45) is 0.724. The van der Waals surface area contributed by atoms with Gasteiger partial charge in [-0.2, -0.15) is 0 Å². The zero-order valence-electron chi connectivity index (χ0n) is 15.9. The number of H-pyrrole nitrogens is 1. The Morgan fingerprint density at radius 3 is 2.78 bits per heavy atom. The molecule has 0 saturated heterocycles. The minimum atomic E-state index is -0.120. The predicted octanol–water partition coefficient (Wildman–Crippen LogP) is 3.25. The minimum Gasteiger partial charge on any atom is -0.354 e. The summed E-state index contributed by atoms with van der Waals surface area (Å²) < 4.78 is 0. The van der Waals surface area contributed by atoms with Crippen molar-refractivity contribution in [3.05, 3.63) is 68.1 Å². The molecule has 1 atom stereocenters. The van der Waals surface area contributed by atoms with Crippen LogP contribution in [-0.2, 0) is 11.2 Å². The smallest absolute Gasteiger partial charge is 0.251 e. The van der Waals surface area contributed by atoms with Gasteiger partial charge < -0.3 is 15.2 Å². The summed E-state index contributed by atoms with van der Waals surface area (Å²) in [5.74, 6) is -0.0400. The number of benzene rings is 1. The third-order valence-electron chi connectivity index (χ3n) is 4.69. The molecule has 0 spiro atoms. The van der Waals surface area contributed by atoms with Gasteiger partial charge in [-0.1, -0.05) is 18.2 Å². The van der Waals surface area contributed by atoms with E-state index in [4.69, 9.17) is 0 Å². The number of carbonyl (C=O) groups is 1. The highest BCUT2D eigenvalue weighted by atomic mass is 32.1. The van der Waals surface area contributed by atoms with Crippen molar-refractivity contribution in [2.75, 3.05) is 20.6 Å². The van der Waals surface area contributed by atoms with Gasteiger partial charge in [-0.3, -0.25) is 9.59 Å². The van der Waals surface area contributed by atoms with Gasteiger partial charge in [-0.15, -0.1) is 11.3 Å². The number of hydrogen-bond donors (Lipinski definition) is 2. The van der Waals surface area contributed by atoms with E-state index in [2.05, 4.69) is 21.3 Å². The van der Waals surface area contributed by atoms with Crippen molar-refractivity contribution in [1.82, 2.24) is 15.2 Å². The first kappa shape index (κ1) is 19.3. The zero-order valence-corrected chi connectivity index (χ0v) is 16.7. The summed E-state index contributed by atoms with van der Waals surface area (Å²) in [5, 5.41) is 6.03. The average Bonchev–Trinajstić information content (AvgIpc) is 3.14. The van der Waals surface area contributed by atoms with Crippen LogP contribution in [-0.4, -0.2) is 36.4 Å². The van der Waals surface area contributed by atoms with Gasteiger partial charge in [0.05, 0.1) is 6.04 Å². The van der Waals surface area contributed by atoms with Crippen LogP contribution in [0.15, 0.2) is 46.6 Å². The lowest BCUT2D eigenvalue weighted by atomic mass is 10.1. The summed E-state index contributed by atoms with van der Waals surface area (Å²) in [7, 11) is 4.01. The highest BCUT2D eigenvalue weighted by Crippen LogP contribution is 2.22. The summed E-state index contributed by atoms with van der Waals surface area (Å²) in [6, 6.07) is 12.1. The number of aromatic nitrogens is 1. The first-order chi connectivity index (χ1) is 12.9. The number of amides is 1. The summed E-state index contributed by atoms with van der Waals surface area (Å²) >= 11 is 1.69. The number of thiophene rings is 1. The zero-order chi connectivity index (χ0) is 19.4. The molecule has 3 aromatic rings. The quantitative estimate of drug-likeness (QED) is 0.658. The molecule has 2 heterocycles. The van der Waals surface area contributed by atoms with E-state index in [9.17, 15) is 9.59 Å². The van der Waals surface area contributed by atoms with Gasteiger partial charge in [0.2, 0.25) is 5.91 Å². The molecule has 0 aliphatic rings. The number of carbonyl (C=O) groups excluding carboxylic acids is 1. The normalized spacial score (nSPS) is 12.4. The fourth-order valence-corrected chi connectivity index (χ4v) is 4.03. The topological polar surface area (TPSA) is 65.2 Å². The number of pyridine rings is 1. The molecular formula is C21H25N3O2S. The number of fused-ring (bicyclic) bond motifs is 1. The Morgan fingerprint density at radius 2 is 2.07 bits per heavy atom. The molecule has 1 unspecified atom stereocenters. The van der Waals surface area contributed by atoms with Crippen LogP contribution in [0.1, 0.15) is 28.5 Å². The number of aromatic amines is 1. The summed E-state index contributed by atoms with van der Waals surface area (Å²) in [4.78, 5) is 30.8. The first-order valence-electron chi connectivity index (χ1n) is 9.03. The summed E-state index contributed by atoms with van der Waals surface area (Å²) in [5.41, 5.74) is 2.46. The Labute approximate surface area is 163 Å². The van der Waals surface area contributed by atoms with Gasteiger partial charge in [0.1, 0.15) is 0 Å². The molecule has 0 radical (unpaired) electrons. The molecule has 0 bridgehead atoms. The molecule has 2 aromatic heterocycles. The van der Waals surface area contributed by atoms with E-state index in [0.717, 1.165) is 16.5 Å². The number of likely N-dealkylation sites (N-methyl/N-ethyl adjacent to an activating group) is 1. The molecule has 2 N–H and O–H groups in total. The fourth-order valence-electron chi connectivity index (χ4n) is 3.11. The van der Waals surface area contributed by atoms with Crippen molar-refractivity contribution < 1.29 is 4.79 Å². The maximum Gasteiger partial charge on any atom is 0.251 e. The standard InChI is InChI=1S/C21H25N3O2S/c1-14-6-7-15-12-16(21(26)23-17(15)11-14)8-9-20(25)22-13-18(24(2)3)19-5-4-10-27-19/h4-7,10-12,18H,8-9,13H2,1-3H3,(H,22,25)(H,23,26). The van der Waals surface area contributed by atoms with Crippen LogP contribution in [0.25, 0.3) is 10.9 Å². The van der Waals surface area contributed by atoms with Gasteiger partial charge in [0, 0.05) is 28.9 Å². The van der Waals surface area contributed by atoms with Crippen LogP contribution in [0.2, 0.25) is 0 Å². The van der Waals surface area contributed by atoms with E-state index in [1.54, 1.807) is 11.3 Å². The minimum absolute atomic E-state index is 0.0400. The molecule has 0 aliphatic heterocycles. The van der Waals surface area contributed by atoms with E-state index in [0.29, 0.717) is 24.9 Å². The second kappa shape index (κ2) is 8.50. The van der Waals surface area contributed by atoms with Crippen molar-refractivity contribution in [3.63, 3.8) is 0 Å². The van der Waals surface area contributed by atoms with Crippen LogP contribution in [0, 0.1) is 6.92 Å². The second-order valence-corrected chi connectivity index (χ2v) is 7.99. The number of hydrogen-bond acceptors (Lipinski definition) is 4. The number of rotatable bonds is 7. The van der Waals surface area contributed by atoms with Crippen LogP contribution in [0.3, 0.4) is 0 Å². The van der Waals surface area contributed by atoms with Gasteiger partial charge >= 0.3 is 0 Å². The lowest BCUT2D eigenvalue weighted by Crippen LogP contribution is -2.34. The van der Waals surface area contributed by atoms with Crippen LogP contribution < -0.4 is 10.9 Å². The molecule has 27 heavy (non-hydrogen) atoms. The van der Waals surface area contributed by atoms with Crippen molar-refractivity contribution in [3.8, 4) is 0 Å². The maximum absolute atomic E-state index is 12.3. The monoisotopic (exact) mass is 383 g/mol. The van der Waals surface area contributed by atoms with Crippen molar-refractivity contribution in [1.29, 1.82) is 0 Å². The lowest BCUT2D eigenvalue weighted by molar-refractivity contribution is -0.121. The second-order valence-electron chi connectivity index (χ2n) is 7.01. The first-order valence-corrected chi connectivity index (χ1v) is 9.91. The Balaban J connectivity index is 1.60. The Kier molecular flexibility index (Phi) is 6.08. The van der Waals surface area contributed by atoms with E-state index in [1.165, 1.54) is 4.88 Å². The van der Waals surface area contributed by atoms with Gasteiger partial charge in [-0.25, -0.2) is 0 Å². The van der Waals surface area contributed by atoms with Gasteiger partial charge in [-0.05, 0) is 62.0 Å². The van der Waals surface area contributed by atoms with Crippen molar-refractivity contribution in [2.24, 2.45) is 0 Å². The number of nitrogens with zero attached hydrogens (tertiary/aromatic N) is 1. The molecular weight excluding hydrogens is 358 g/mol. The Hall–Kier alpha value is -2.44. The molecule has 1 amide bonds. The highest BCUT2D eigenvalue weighted by Gasteiger charge is 2.16. The lowest BCUT2D eigenvalue weighted by Gasteiger charge is -2.23. The SMILES string of the molecule is Cc1ccc2cc(CCC(=O)NCC(c3cccs3)N(C)C)c(=O)[nH]c2c1. The van der Waals surface area contributed by atoms with E-state index >= 15 is 0 Å². The molecule has 0 saturated carbocycles. The third kappa shape index (κ3) is 4.84. The van der Waals surface area contributed by atoms with Crippen molar-refractivity contribution >= 4 is 28.1 Å². The van der Waals surface area contributed by atoms with Crippen LogP contribution in [0.5, 0.6) is 0 Å². The molecule has 1 aromatic carbocycles. The molecule has 5 nitrogen and oxygen atoms in total. The molecule has 6 heteroatoms. The van der Waals surface area contributed by atoms with Crippen LogP contribution >= 0.6 is 11.3 Å². The molecule has 3 rings (SSSR count). The number of nitrogens with one attached hydrogen (secondary N) is 2. The predicted molar refractivity (Wildman–Crippen MR) is 111 cm³/mol. The summed E-state index contributed by atoms with van der Waals surface area (Å²) in [6.45, 7) is 2.55. The largest absolute Gasteiger partial charge is 0.354 e. The van der Waals surface area contributed by atoms with Crippen LogP contribution in [0.4, 0.5) is 0 Å². The highest BCUT2D eigenvalue weighted by molar-refractivity contribution is 7.10. The molecule has 142 valence electrons. The number of aryl methyl sites for hydroxylation is 2. The van der Waals surface area contributed by atoms with Gasteiger partial charge in [0.15, 0.2) is 0 Å². The van der Waals surface area contributed by atoms with E-state index in [-0.39, 0.29) is 17.5 Å². The van der Waals surface area contributed by atoms with Gasteiger partial charge in [0.25, 0.3) is 5.56 Å². The average molecular weight is 384 g/mol.